The maximum Gasteiger partial charge on any atom is 0.416 e. The summed E-state index contributed by atoms with van der Waals surface area (Å²) in [6.07, 6.45) is -3.42. The lowest BCUT2D eigenvalue weighted by Crippen LogP contribution is -2.14. The minimum atomic E-state index is -4.74. The molecule has 0 saturated carbocycles. The van der Waals surface area contributed by atoms with E-state index in [2.05, 4.69) is 4.98 Å². The summed E-state index contributed by atoms with van der Waals surface area (Å²) in [6.45, 7) is 0.637. The van der Waals surface area contributed by atoms with Crippen molar-refractivity contribution >= 4 is 16.9 Å². The van der Waals surface area contributed by atoms with Crippen molar-refractivity contribution in [1.29, 1.82) is 0 Å². The molecule has 0 bridgehead atoms. The van der Waals surface area contributed by atoms with Crippen LogP contribution in [0.1, 0.15) is 27.2 Å². The van der Waals surface area contributed by atoms with Crippen molar-refractivity contribution in [3.8, 4) is 11.1 Å². The number of pyridine rings is 1. The number of nitrogens with one attached hydrogen (secondary N) is 1. The zero-order valence-corrected chi connectivity index (χ0v) is 16.9. The molecule has 0 amide bonds. The molecule has 2 aromatic heterocycles. The lowest BCUT2D eigenvalue weighted by Gasteiger charge is -2.13. The molecule has 4 rings (SSSR count). The molecule has 0 radical (unpaired) electrons. The lowest BCUT2D eigenvalue weighted by atomic mass is 9.99. The van der Waals surface area contributed by atoms with Crippen LogP contribution in [0, 0.1) is 18.6 Å². The Morgan fingerprint density at radius 3 is 2.48 bits per heavy atom. The number of aromatic amines is 1. The highest BCUT2D eigenvalue weighted by Gasteiger charge is 2.35. The van der Waals surface area contributed by atoms with E-state index in [1.165, 1.54) is 25.3 Å². The molecular weight excluding hydrogens is 447 g/mol. The van der Waals surface area contributed by atoms with Crippen molar-refractivity contribution in [2.75, 3.05) is 0 Å². The van der Waals surface area contributed by atoms with E-state index in [4.69, 9.17) is 0 Å². The Balaban J connectivity index is 2.15. The highest BCUT2D eigenvalue weighted by molar-refractivity contribution is 6.08. The lowest BCUT2D eigenvalue weighted by molar-refractivity contribution is -0.137. The molecule has 0 fully saturated rings. The number of aryl methyl sites for hydroxylation is 1. The molecule has 2 heterocycles. The van der Waals surface area contributed by atoms with Gasteiger partial charge in [0.15, 0.2) is 0 Å². The molecule has 10 heteroatoms. The minimum Gasteiger partial charge on any atom is -0.477 e. The Labute approximate surface area is 182 Å². The van der Waals surface area contributed by atoms with Gasteiger partial charge in [-0.1, -0.05) is 0 Å². The van der Waals surface area contributed by atoms with Crippen molar-refractivity contribution in [3.05, 3.63) is 93.0 Å². The monoisotopic (exact) mass is 462 g/mol. The van der Waals surface area contributed by atoms with E-state index in [0.717, 1.165) is 34.9 Å². The SMILES string of the molecule is Cc1cc2c(-c3ccc[nH]c3=O)c(C(=O)O)n(Cc3cc(F)ccc3F)c2cc1C(F)(F)F. The fourth-order valence-corrected chi connectivity index (χ4v) is 3.92. The van der Waals surface area contributed by atoms with Crippen LogP contribution in [0.3, 0.4) is 0 Å². The quantitative estimate of drug-likeness (QED) is 0.402. The van der Waals surface area contributed by atoms with E-state index < -0.39 is 47.1 Å². The van der Waals surface area contributed by atoms with E-state index in [1.807, 2.05) is 0 Å². The molecule has 5 nitrogen and oxygen atoms in total. The summed E-state index contributed by atoms with van der Waals surface area (Å²) in [5, 5.41) is 10.0. The second-order valence-electron chi connectivity index (χ2n) is 7.45. The van der Waals surface area contributed by atoms with E-state index >= 15 is 0 Å². The number of fused-ring (bicyclic) bond motifs is 1. The van der Waals surface area contributed by atoms with Crippen LogP contribution in [0.15, 0.2) is 53.5 Å². The Hall–Kier alpha value is -3.95. The van der Waals surface area contributed by atoms with Gasteiger partial charge in [-0.25, -0.2) is 13.6 Å². The van der Waals surface area contributed by atoms with Gasteiger partial charge in [-0.2, -0.15) is 13.2 Å². The first kappa shape index (κ1) is 22.3. The summed E-state index contributed by atoms with van der Waals surface area (Å²) in [4.78, 5) is 27.2. The van der Waals surface area contributed by atoms with Crippen molar-refractivity contribution < 1.29 is 31.9 Å². The smallest absolute Gasteiger partial charge is 0.416 e. The number of nitrogens with zero attached hydrogens (tertiary/aromatic N) is 1. The van der Waals surface area contributed by atoms with Gasteiger partial charge in [0.05, 0.1) is 17.6 Å². The normalized spacial score (nSPS) is 11.8. The van der Waals surface area contributed by atoms with E-state index in [9.17, 15) is 36.6 Å². The van der Waals surface area contributed by atoms with Crippen LogP contribution >= 0.6 is 0 Å². The topological polar surface area (TPSA) is 75.1 Å². The molecule has 2 aromatic carbocycles. The third-order valence-corrected chi connectivity index (χ3v) is 5.34. The summed E-state index contributed by atoms with van der Waals surface area (Å²) in [7, 11) is 0. The number of rotatable bonds is 4. The number of H-pyrrole nitrogens is 1. The van der Waals surface area contributed by atoms with Gasteiger partial charge in [0.25, 0.3) is 5.56 Å². The third-order valence-electron chi connectivity index (χ3n) is 5.34. The Bertz CT molecular complexity index is 1470. The van der Waals surface area contributed by atoms with Crippen LogP contribution in [-0.4, -0.2) is 20.6 Å². The first-order chi connectivity index (χ1) is 15.5. The first-order valence-electron chi connectivity index (χ1n) is 9.58. The standard InChI is InChI=1S/C23H15F5N2O3/c1-11-7-15-18(9-16(11)23(26,27)28)30(10-12-8-13(24)4-5-17(12)25)20(22(32)33)19(15)14-3-2-6-29-21(14)31/h2-9H,10H2,1H3,(H,29,31)(H,32,33). The van der Waals surface area contributed by atoms with Crippen molar-refractivity contribution in [1.82, 2.24) is 9.55 Å². The molecule has 33 heavy (non-hydrogen) atoms. The number of hydrogen-bond donors (Lipinski definition) is 2. The molecule has 170 valence electrons. The summed E-state index contributed by atoms with van der Waals surface area (Å²) in [5.41, 5.74) is -3.04. The number of aromatic nitrogens is 2. The molecule has 0 aliphatic rings. The van der Waals surface area contributed by atoms with Crippen LogP contribution in [0.4, 0.5) is 22.0 Å². The van der Waals surface area contributed by atoms with Crippen molar-refractivity contribution in [3.63, 3.8) is 0 Å². The largest absolute Gasteiger partial charge is 0.477 e. The van der Waals surface area contributed by atoms with Crippen LogP contribution in [0.25, 0.3) is 22.0 Å². The fourth-order valence-electron chi connectivity index (χ4n) is 3.92. The molecule has 2 N–H and O–H groups in total. The number of carboxylic acid groups (broad SMARTS) is 1. The summed E-state index contributed by atoms with van der Waals surface area (Å²) in [5.74, 6) is -3.21. The van der Waals surface area contributed by atoms with Gasteiger partial charge in [0, 0.05) is 28.3 Å². The number of carboxylic acids is 1. The molecule has 0 atom stereocenters. The second-order valence-corrected chi connectivity index (χ2v) is 7.45. The minimum absolute atomic E-state index is 0.0615. The van der Waals surface area contributed by atoms with E-state index in [1.54, 1.807) is 0 Å². The molecule has 0 spiro atoms. The maximum atomic E-state index is 14.4. The van der Waals surface area contributed by atoms with Gasteiger partial charge in [-0.3, -0.25) is 4.79 Å². The summed E-state index contributed by atoms with van der Waals surface area (Å²) < 4.78 is 69.9. The molecule has 0 aliphatic heterocycles. The van der Waals surface area contributed by atoms with Crippen LogP contribution in [-0.2, 0) is 12.7 Å². The van der Waals surface area contributed by atoms with Crippen LogP contribution in [0.5, 0.6) is 0 Å². The van der Waals surface area contributed by atoms with Gasteiger partial charge in [0.2, 0.25) is 0 Å². The molecule has 4 aromatic rings. The fraction of sp³-hybridized carbons (Fsp3) is 0.130. The molecule has 0 aliphatic carbocycles. The maximum absolute atomic E-state index is 14.4. The molecule has 0 saturated heterocycles. The average Bonchev–Trinajstić information content (AvgIpc) is 3.03. The van der Waals surface area contributed by atoms with E-state index in [-0.39, 0.29) is 33.2 Å². The first-order valence-corrected chi connectivity index (χ1v) is 9.58. The zero-order valence-electron chi connectivity index (χ0n) is 16.9. The molecular formula is C23H15F5N2O3. The van der Waals surface area contributed by atoms with Gasteiger partial charge in [0.1, 0.15) is 17.3 Å². The Kier molecular flexibility index (Phi) is 5.31. The van der Waals surface area contributed by atoms with Gasteiger partial charge in [-0.05, 0) is 55.0 Å². The number of carbonyl (C=O) groups is 1. The van der Waals surface area contributed by atoms with Crippen molar-refractivity contribution in [2.45, 2.75) is 19.6 Å². The average molecular weight is 462 g/mol. The van der Waals surface area contributed by atoms with Gasteiger partial charge >= 0.3 is 12.1 Å². The number of aromatic carboxylic acids is 1. The zero-order chi connectivity index (χ0) is 24.1. The molecule has 0 unspecified atom stereocenters. The summed E-state index contributed by atoms with van der Waals surface area (Å²) in [6, 6.07) is 7.21. The Morgan fingerprint density at radius 2 is 1.85 bits per heavy atom. The number of alkyl halides is 3. The highest BCUT2D eigenvalue weighted by Crippen LogP contribution is 2.40. The summed E-state index contributed by atoms with van der Waals surface area (Å²) >= 11 is 0. The Morgan fingerprint density at radius 1 is 1.12 bits per heavy atom. The number of hydrogen-bond acceptors (Lipinski definition) is 2. The predicted octanol–water partition coefficient (Wildman–Crippen LogP) is 5.35. The van der Waals surface area contributed by atoms with E-state index in [0.29, 0.717) is 0 Å². The number of halogens is 5. The van der Waals surface area contributed by atoms with Crippen molar-refractivity contribution in [2.24, 2.45) is 0 Å². The highest BCUT2D eigenvalue weighted by atomic mass is 19.4. The number of benzene rings is 2. The van der Waals surface area contributed by atoms with Crippen LogP contribution < -0.4 is 5.56 Å². The van der Waals surface area contributed by atoms with Gasteiger partial charge in [-0.15, -0.1) is 0 Å². The third kappa shape index (κ3) is 3.88. The van der Waals surface area contributed by atoms with Crippen LogP contribution in [0.2, 0.25) is 0 Å². The van der Waals surface area contributed by atoms with Gasteiger partial charge < -0.3 is 14.7 Å². The predicted molar refractivity (Wildman–Crippen MR) is 110 cm³/mol. The second kappa shape index (κ2) is 7.88.